The second-order valence-electron chi connectivity index (χ2n) is 5.83. The van der Waals surface area contributed by atoms with Gasteiger partial charge >= 0.3 is 0 Å². The van der Waals surface area contributed by atoms with Crippen molar-refractivity contribution in [1.29, 1.82) is 0 Å². The fourth-order valence-corrected chi connectivity index (χ4v) is 1.36. The Labute approximate surface area is 109 Å². The molecule has 0 heterocycles. The van der Waals surface area contributed by atoms with Crippen molar-refractivity contribution < 1.29 is 9.90 Å². The second-order valence-corrected chi connectivity index (χ2v) is 5.83. The molecule has 0 spiro atoms. The molecule has 0 aliphatic heterocycles. The number of aryl methyl sites for hydroxylation is 1. The quantitative estimate of drug-likeness (QED) is 0.861. The summed E-state index contributed by atoms with van der Waals surface area (Å²) in [6, 6.07) is 4.98. The van der Waals surface area contributed by atoms with Gasteiger partial charge in [-0.1, -0.05) is 33.8 Å². The molecule has 1 aromatic rings. The van der Waals surface area contributed by atoms with Crippen molar-refractivity contribution in [2.75, 3.05) is 6.54 Å². The number of hydrogen-bond acceptors (Lipinski definition) is 2. The smallest absolute Gasteiger partial charge is 0.251 e. The molecule has 18 heavy (non-hydrogen) atoms. The number of carbonyl (C=O) groups is 1. The Hall–Kier alpha value is -1.51. The van der Waals surface area contributed by atoms with Crippen LogP contribution >= 0.6 is 0 Å². The van der Waals surface area contributed by atoms with E-state index in [0.717, 1.165) is 5.56 Å². The lowest BCUT2D eigenvalue weighted by Crippen LogP contribution is -2.36. The molecule has 1 aromatic carbocycles. The maximum Gasteiger partial charge on any atom is 0.251 e. The van der Waals surface area contributed by atoms with Crippen LogP contribution in [0.4, 0.5) is 0 Å². The highest BCUT2D eigenvalue weighted by molar-refractivity contribution is 5.94. The van der Waals surface area contributed by atoms with E-state index in [2.05, 4.69) is 33.0 Å². The average Bonchev–Trinajstić information content (AvgIpc) is 2.29. The predicted molar refractivity (Wildman–Crippen MR) is 73.8 cm³/mol. The van der Waals surface area contributed by atoms with Crippen LogP contribution in [0, 0.1) is 18.3 Å². The molecule has 0 bridgehead atoms. The average molecular weight is 249 g/mol. The number of benzene rings is 1. The second kappa shape index (κ2) is 5.42. The summed E-state index contributed by atoms with van der Waals surface area (Å²) in [4.78, 5) is 12.0. The van der Waals surface area contributed by atoms with Gasteiger partial charge in [-0.25, -0.2) is 0 Å². The summed E-state index contributed by atoms with van der Waals surface area (Å²) in [6.45, 7) is 11.0. The van der Waals surface area contributed by atoms with Crippen LogP contribution in [0.25, 0.3) is 0 Å². The van der Waals surface area contributed by atoms with Crippen molar-refractivity contribution >= 4 is 5.91 Å². The zero-order valence-corrected chi connectivity index (χ0v) is 11.9. The van der Waals surface area contributed by atoms with Crippen molar-refractivity contribution in [3.05, 3.63) is 29.3 Å². The largest absolute Gasteiger partial charge is 0.508 e. The molecule has 0 aliphatic carbocycles. The standard InChI is InChI=1S/C15H23NO2/c1-10(2)15(4,5)9-16-14(18)12-7-6-11(3)13(17)8-12/h6-8,10,17H,9H2,1-5H3,(H,16,18). The molecule has 0 aromatic heterocycles. The molecule has 2 N–H and O–H groups in total. The Balaban J connectivity index is 2.69. The predicted octanol–water partition coefficient (Wildman–Crippen LogP) is 3.11. The molecule has 3 heteroatoms. The summed E-state index contributed by atoms with van der Waals surface area (Å²) in [5, 5.41) is 12.5. The fraction of sp³-hybridized carbons (Fsp3) is 0.533. The lowest BCUT2D eigenvalue weighted by molar-refractivity contribution is 0.0924. The highest BCUT2D eigenvalue weighted by atomic mass is 16.3. The Morgan fingerprint density at radius 3 is 2.50 bits per heavy atom. The Kier molecular flexibility index (Phi) is 4.38. The first-order valence-electron chi connectivity index (χ1n) is 6.32. The summed E-state index contributed by atoms with van der Waals surface area (Å²) in [7, 11) is 0. The van der Waals surface area contributed by atoms with E-state index in [-0.39, 0.29) is 17.1 Å². The van der Waals surface area contributed by atoms with Gasteiger partial charge in [-0.05, 0) is 36.0 Å². The zero-order chi connectivity index (χ0) is 13.9. The summed E-state index contributed by atoms with van der Waals surface area (Å²) in [5.74, 6) is 0.508. The van der Waals surface area contributed by atoms with Crippen LogP contribution in [0.5, 0.6) is 5.75 Å². The highest BCUT2D eigenvalue weighted by Gasteiger charge is 2.23. The molecule has 0 radical (unpaired) electrons. The van der Waals surface area contributed by atoms with Crippen molar-refractivity contribution in [1.82, 2.24) is 5.32 Å². The zero-order valence-electron chi connectivity index (χ0n) is 11.9. The molecule has 0 unspecified atom stereocenters. The fourth-order valence-electron chi connectivity index (χ4n) is 1.36. The number of carbonyl (C=O) groups excluding carboxylic acids is 1. The number of aromatic hydroxyl groups is 1. The number of hydrogen-bond donors (Lipinski definition) is 2. The van der Waals surface area contributed by atoms with Gasteiger partial charge < -0.3 is 10.4 Å². The molecular weight excluding hydrogens is 226 g/mol. The summed E-state index contributed by atoms with van der Waals surface area (Å²) in [6.07, 6.45) is 0. The van der Waals surface area contributed by atoms with E-state index in [1.54, 1.807) is 19.1 Å². The van der Waals surface area contributed by atoms with Gasteiger partial charge in [-0.3, -0.25) is 4.79 Å². The Morgan fingerprint density at radius 1 is 1.39 bits per heavy atom. The van der Waals surface area contributed by atoms with E-state index in [1.165, 1.54) is 6.07 Å². The monoisotopic (exact) mass is 249 g/mol. The topological polar surface area (TPSA) is 49.3 Å². The van der Waals surface area contributed by atoms with E-state index in [9.17, 15) is 9.90 Å². The molecule has 1 rings (SSSR count). The normalized spacial score (nSPS) is 11.7. The van der Waals surface area contributed by atoms with E-state index in [4.69, 9.17) is 0 Å². The molecule has 100 valence electrons. The van der Waals surface area contributed by atoms with Gasteiger partial charge in [0.1, 0.15) is 5.75 Å². The van der Waals surface area contributed by atoms with Crippen LogP contribution < -0.4 is 5.32 Å². The molecule has 0 aliphatic rings. The van der Waals surface area contributed by atoms with Crippen LogP contribution in [0.3, 0.4) is 0 Å². The van der Waals surface area contributed by atoms with Crippen LogP contribution in [0.15, 0.2) is 18.2 Å². The number of rotatable bonds is 4. The van der Waals surface area contributed by atoms with Crippen molar-refractivity contribution in [3.8, 4) is 5.75 Å². The van der Waals surface area contributed by atoms with Gasteiger partial charge in [0.2, 0.25) is 0 Å². The number of phenolic OH excluding ortho intramolecular Hbond substituents is 1. The third-order valence-corrected chi connectivity index (χ3v) is 3.74. The van der Waals surface area contributed by atoms with E-state index >= 15 is 0 Å². The van der Waals surface area contributed by atoms with Crippen molar-refractivity contribution in [2.24, 2.45) is 11.3 Å². The first-order valence-corrected chi connectivity index (χ1v) is 6.32. The minimum absolute atomic E-state index is 0.0579. The molecule has 3 nitrogen and oxygen atoms in total. The van der Waals surface area contributed by atoms with Gasteiger partial charge in [-0.2, -0.15) is 0 Å². The Morgan fingerprint density at radius 2 is 2.00 bits per heavy atom. The molecule has 0 fully saturated rings. The molecule has 1 amide bonds. The number of amides is 1. The maximum absolute atomic E-state index is 12.0. The van der Waals surface area contributed by atoms with Gasteiger partial charge in [0.25, 0.3) is 5.91 Å². The van der Waals surface area contributed by atoms with Gasteiger partial charge in [0, 0.05) is 12.1 Å². The van der Waals surface area contributed by atoms with Crippen molar-refractivity contribution in [2.45, 2.75) is 34.6 Å². The SMILES string of the molecule is Cc1ccc(C(=O)NCC(C)(C)C(C)C)cc1O. The van der Waals surface area contributed by atoms with Crippen LogP contribution in [0.1, 0.15) is 43.6 Å². The van der Waals surface area contributed by atoms with E-state index in [1.807, 2.05) is 0 Å². The maximum atomic E-state index is 12.0. The Bertz CT molecular complexity index is 436. The number of nitrogens with one attached hydrogen (secondary N) is 1. The van der Waals surface area contributed by atoms with Crippen molar-refractivity contribution in [3.63, 3.8) is 0 Å². The molecule has 0 saturated carbocycles. The lowest BCUT2D eigenvalue weighted by atomic mass is 9.81. The highest BCUT2D eigenvalue weighted by Crippen LogP contribution is 2.25. The van der Waals surface area contributed by atoms with E-state index < -0.39 is 0 Å². The van der Waals surface area contributed by atoms with Crippen LogP contribution in [-0.4, -0.2) is 17.6 Å². The summed E-state index contributed by atoms with van der Waals surface area (Å²) >= 11 is 0. The molecular formula is C15H23NO2. The van der Waals surface area contributed by atoms with Gasteiger partial charge in [-0.15, -0.1) is 0 Å². The minimum atomic E-state index is -0.140. The third kappa shape index (κ3) is 3.49. The lowest BCUT2D eigenvalue weighted by Gasteiger charge is -2.29. The third-order valence-electron chi connectivity index (χ3n) is 3.74. The van der Waals surface area contributed by atoms with Crippen LogP contribution in [-0.2, 0) is 0 Å². The van der Waals surface area contributed by atoms with Gasteiger partial charge in [0.15, 0.2) is 0 Å². The summed E-state index contributed by atoms with van der Waals surface area (Å²) in [5.41, 5.74) is 1.33. The number of phenols is 1. The molecule has 0 saturated heterocycles. The first kappa shape index (κ1) is 14.6. The molecule has 0 atom stereocenters. The van der Waals surface area contributed by atoms with E-state index in [0.29, 0.717) is 18.0 Å². The van der Waals surface area contributed by atoms with Crippen LogP contribution in [0.2, 0.25) is 0 Å². The first-order chi connectivity index (χ1) is 8.24. The van der Waals surface area contributed by atoms with Gasteiger partial charge in [0.05, 0.1) is 0 Å². The summed E-state index contributed by atoms with van der Waals surface area (Å²) < 4.78 is 0. The minimum Gasteiger partial charge on any atom is -0.508 e.